The lowest BCUT2D eigenvalue weighted by molar-refractivity contribution is -0.125. The first-order valence-corrected chi connectivity index (χ1v) is 8.45. The van der Waals surface area contributed by atoms with Gasteiger partial charge in [-0.25, -0.2) is 0 Å². The number of nitrogens with one attached hydrogen (secondary N) is 1. The highest BCUT2D eigenvalue weighted by atomic mass is 16.5. The molecule has 6 heteroatoms. The van der Waals surface area contributed by atoms with Crippen LogP contribution >= 0.6 is 0 Å². The molecular formula is C20H22N2O4. The maximum Gasteiger partial charge on any atom is 0.236 e. The zero-order valence-corrected chi connectivity index (χ0v) is 15.1. The van der Waals surface area contributed by atoms with E-state index in [-0.39, 0.29) is 24.3 Å². The van der Waals surface area contributed by atoms with Gasteiger partial charge in [0.2, 0.25) is 11.8 Å². The van der Waals surface area contributed by atoms with Crippen LogP contribution in [0.4, 0.5) is 11.4 Å². The fourth-order valence-corrected chi connectivity index (χ4v) is 3.26. The number of benzene rings is 2. The smallest absolute Gasteiger partial charge is 0.236 e. The molecule has 26 heavy (non-hydrogen) atoms. The predicted octanol–water partition coefficient (Wildman–Crippen LogP) is 3.01. The Morgan fingerprint density at radius 2 is 1.92 bits per heavy atom. The summed E-state index contributed by atoms with van der Waals surface area (Å²) in [5.74, 6) is 0.505. The van der Waals surface area contributed by atoms with Crippen molar-refractivity contribution < 1.29 is 19.1 Å². The number of amides is 2. The number of rotatable bonds is 5. The Kier molecular flexibility index (Phi) is 5.11. The number of nitrogens with zero attached hydrogens (tertiary/aromatic N) is 1. The van der Waals surface area contributed by atoms with Crippen molar-refractivity contribution >= 4 is 23.2 Å². The average Bonchev–Trinajstić information content (AvgIpc) is 2.97. The van der Waals surface area contributed by atoms with Crippen LogP contribution in [0.15, 0.2) is 42.5 Å². The van der Waals surface area contributed by atoms with E-state index in [4.69, 9.17) is 9.47 Å². The average molecular weight is 354 g/mol. The minimum Gasteiger partial charge on any atom is -0.497 e. The van der Waals surface area contributed by atoms with E-state index in [9.17, 15) is 9.59 Å². The van der Waals surface area contributed by atoms with Crippen molar-refractivity contribution in [1.29, 1.82) is 0 Å². The Balaban J connectivity index is 1.70. The largest absolute Gasteiger partial charge is 0.497 e. The maximum atomic E-state index is 12.7. The number of hydrogen-bond donors (Lipinski definition) is 1. The van der Waals surface area contributed by atoms with E-state index in [1.807, 2.05) is 31.2 Å². The van der Waals surface area contributed by atoms with E-state index < -0.39 is 0 Å². The second-order valence-electron chi connectivity index (χ2n) is 6.24. The van der Waals surface area contributed by atoms with Crippen LogP contribution in [0, 0.1) is 0 Å². The molecule has 0 bridgehead atoms. The Morgan fingerprint density at radius 3 is 2.65 bits per heavy atom. The molecule has 0 saturated heterocycles. The molecule has 0 spiro atoms. The number of ether oxygens (including phenoxy) is 2. The van der Waals surface area contributed by atoms with Gasteiger partial charge in [0.15, 0.2) is 0 Å². The number of carbonyl (C=O) groups is 2. The molecule has 0 fully saturated rings. The Bertz CT molecular complexity index is 834. The fraction of sp³-hybridized carbons (Fsp3) is 0.300. The van der Waals surface area contributed by atoms with Gasteiger partial charge in [0.05, 0.1) is 19.9 Å². The molecule has 0 saturated carbocycles. The SMILES string of the molecule is COc1ccc(NC(=O)CC(=O)N2c3ccccc3CC2C)c(OC)c1. The second-order valence-corrected chi connectivity index (χ2v) is 6.24. The quantitative estimate of drug-likeness (QED) is 0.838. The van der Waals surface area contributed by atoms with Crippen LogP contribution in [0.3, 0.4) is 0 Å². The summed E-state index contributed by atoms with van der Waals surface area (Å²) >= 11 is 0. The van der Waals surface area contributed by atoms with Crippen molar-refractivity contribution in [3.63, 3.8) is 0 Å². The van der Waals surface area contributed by atoms with Gasteiger partial charge in [-0.3, -0.25) is 9.59 Å². The number of carbonyl (C=O) groups excluding carboxylic acids is 2. The lowest BCUT2D eigenvalue weighted by atomic mass is 10.1. The molecule has 3 rings (SSSR count). The van der Waals surface area contributed by atoms with Gasteiger partial charge in [-0.15, -0.1) is 0 Å². The van der Waals surface area contributed by atoms with Crippen LogP contribution < -0.4 is 19.7 Å². The third-order valence-corrected chi connectivity index (χ3v) is 4.47. The fourth-order valence-electron chi connectivity index (χ4n) is 3.26. The standard InChI is InChI=1S/C20H22N2O4/c1-13-10-14-6-4-5-7-17(14)22(13)20(24)12-19(23)21-16-9-8-15(25-2)11-18(16)26-3/h4-9,11,13H,10,12H2,1-3H3,(H,21,23). The molecular weight excluding hydrogens is 332 g/mol. The first kappa shape index (κ1) is 17.8. The van der Waals surface area contributed by atoms with E-state index in [0.717, 1.165) is 17.7 Å². The monoisotopic (exact) mass is 354 g/mol. The molecule has 0 aromatic heterocycles. The highest BCUT2D eigenvalue weighted by Crippen LogP contribution is 2.33. The molecule has 6 nitrogen and oxygen atoms in total. The Morgan fingerprint density at radius 1 is 1.15 bits per heavy atom. The van der Waals surface area contributed by atoms with Crippen LogP contribution in [-0.2, 0) is 16.0 Å². The lowest BCUT2D eigenvalue weighted by Gasteiger charge is -2.22. The number of fused-ring (bicyclic) bond motifs is 1. The number of hydrogen-bond acceptors (Lipinski definition) is 4. The molecule has 136 valence electrons. The van der Waals surface area contributed by atoms with E-state index in [0.29, 0.717) is 17.2 Å². The van der Waals surface area contributed by atoms with Crippen molar-refractivity contribution in [2.24, 2.45) is 0 Å². The number of methoxy groups -OCH3 is 2. The zero-order valence-electron chi connectivity index (χ0n) is 15.1. The van der Waals surface area contributed by atoms with E-state index in [1.54, 1.807) is 30.2 Å². The van der Waals surface area contributed by atoms with Crippen molar-refractivity contribution in [1.82, 2.24) is 0 Å². The summed E-state index contributed by atoms with van der Waals surface area (Å²) < 4.78 is 10.4. The molecule has 0 aliphatic carbocycles. The number of anilines is 2. The van der Waals surface area contributed by atoms with Gasteiger partial charge in [-0.2, -0.15) is 0 Å². The summed E-state index contributed by atoms with van der Waals surface area (Å²) in [4.78, 5) is 26.8. The van der Waals surface area contributed by atoms with Crippen LogP contribution in [0.5, 0.6) is 11.5 Å². The van der Waals surface area contributed by atoms with E-state index >= 15 is 0 Å². The van der Waals surface area contributed by atoms with Crippen LogP contribution in [0.25, 0.3) is 0 Å². The summed E-state index contributed by atoms with van der Waals surface area (Å²) in [5, 5.41) is 2.74. The van der Waals surface area contributed by atoms with Gasteiger partial charge in [-0.1, -0.05) is 18.2 Å². The van der Waals surface area contributed by atoms with Crippen LogP contribution in [0.1, 0.15) is 18.9 Å². The molecule has 0 radical (unpaired) electrons. The highest BCUT2D eigenvalue weighted by Gasteiger charge is 2.31. The molecule has 2 aromatic rings. The molecule has 1 aliphatic heterocycles. The second kappa shape index (κ2) is 7.47. The molecule has 1 unspecified atom stereocenters. The molecule has 2 amide bonds. The Labute approximate surface area is 152 Å². The summed E-state index contributed by atoms with van der Waals surface area (Å²) in [7, 11) is 3.07. The van der Waals surface area contributed by atoms with Gasteiger partial charge in [0.1, 0.15) is 17.9 Å². The van der Waals surface area contributed by atoms with Gasteiger partial charge >= 0.3 is 0 Å². The molecule has 1 aliphatic rings. The predicted molar refractivity (Wildman–Crippen MR) is 99.9 cm³/mol. The van der Waals surface area contributed by atoms with Gasteiger partial charge in [0, 0.05) is 17.8 Å². The lowest BCUT2D eigenvalue weighted by Crippen LogP contribution is -2.37. The maximum absolute atomic E-state index is 12.7. The van der Waals surface area contributed by atoms with Crippen molar-refractivity contribution in [2.75, 3.05) is 24.4 Å². The zero-order chi connectivity index (χ0) is 18.7. The first-order chi connectivity index (χ1) is 12.5. The molecule has 2 aromatic carbocycles. The van der Waals surface area contributed by atoms with E-state index in [2.05, 4.69) is 5.32 Å². The van der Waals surface area contributed by atoms with Crippen molar-refractivity contribution in [3.05, 3.63) is 48.0 Å². The Hall–Kier alpha value is -3.02. The molecule has 1 atom stereocenters. The third-order valence-electron chi connectivity index (χ3n) is 4.47. The van der Waals surface area contributed by atoms with Crippen molar-refractivity contribution in [3.8, 4) is 11.5 Å². The van der Waals surface area contributed by atoms with Crippen LogP contribution in [0.2, 0.25) is 0 Å². The summed E-state index contributed by atoms with van der Waals surface area (Å²) in [6, 6.07) is 12.9. The van der Waals surface area contributed by atoms with Gasteiger partial charge in [-0.05, 0) is 37.1 Å². The van der Waals surface area contributed by atoms with E-state index in [1.165, 1.54) is 7.11 Å². The summed E-state index contributed by atoms with van der Waals surface area (Å²) in [5.41, 5.74) is 2.52. The van der Waals surface area contributed by atoms with Crippen molar-refractivity contribution in [2.45, 2.75) is 25.8 Å². The normalized spacial score (nSPS) is 15.3. The minimum absolute atomic E-state index is 0.0447. The topological polar surface area (TPSA) is 67.9 Å². The van der Waals surface area contributed by atoms with Gasteiger partial charge < -0.3 is 19.7 Å². The summed E-state index contributed by atoms with van der Waals surface area (Å²) in [6.07, 6.45) is 0.573. The molecule has 1 N–H and O–H groups in total. The molecule has 1 heterocycles. The summed E-state index contributed by atoms with van der Waals surface area (Å²) in [6.45, 7) is 1.99. The third kappa shape index (κ3) is 3.49. The van der Waals surface area contributed by atoms with Gasteiger partial charge in [0.25, 0.3) is 0 Å². The minimum atomic E-state index is -0.380. The first-order valence-electron chi connectivity index (χ1n) is 8.45. The van der Waals surface area contributed by atoms with Crippen LogP contribution in [-0.4, -0.2) is 32.1 Å². The number of para-hydroxylation sites is 1. The highest BCUT2D eigenvalue weighted by molar-refractivity contribution is 6.10.